The monoisotopic (exact) mass is 390 g/mol. The highest BCUT2D eigenvalue weighted by Gasteiger charge is 2.14. The quantitative estimate of drug-likeness (QED) is 0.848. The molecule has 2 aromatic carbocycles. The summed E-state index contributed by atoms with van der Waals surface area (Å²) in [6.45, 7) is 0. The Balaban J connectivity index is 2.28. The lowest BCUT2D eigenvalue weighted by atomic mass is 10.2. The second kappa shape index (κ2) is 6.68. The Hall–Kier alpha value is -1.24. The number of carboxylic acid groups (broad SMARTS) is 1. The first kappa shape index (κ1) is 16.1. The average molecular weight is 392 g/mol. The summed E-state index contributed by atoms with van der Waals surface area (Å²) in [5.74, 6) is -1.71. The van der Waals surface area contributed by atoms with Gasteiger partial charge in [0.1, 0.15) is 5.82 Å². The molecule has 0 aliphatic heterocycles. The van der Waals surface area contributed by atoms with Crippen molar-refractivity contribution in [2.45, 2.75) is 10.6 Å². The molecule has 7 heteroatoms. The maximum absolute atomic E-state index is 13.7. The molecule has 3 nitrogen and oxygen atoms in total. The molecule has 2 rings (SSSR count). The molecule has 0 radical (unpaired) electrons. The Labute approximate surface area is 136 Å². The van der Waals surface area contributed by atoms with Gasteiger partial charge in [0.15, 0.2) is 0 Å². The van der Waals surface area contributed by atoms with Gasteiger partial charge in [-0.05, 0) is 30.3 Å². The molecule has 0 spiro atoms. The average Bonchev–Trinajstić information content (AvgIpc) is 2.42. The van der Waals surface area contributed by atoms with Gasteiger partial charge in [-0.25, -0.2) is 9.18 Å². The minimum atomic E-state index is -1.56. The smallest absolute Gasteiger partial charge is 0.337 e. The van der Waals surface area contributed by atoms with E-state index in [0.717, 1.165) is 0 Å². The highest BCUT2D eigenvalue weighted by molar-refractivity contribution is 9.10. The van der Waals surface area contributed by atoms with Crippen molar-refractivity contribution in [3.8, 4) is 0 Å². The van der Waals surface area contributed by atoms with E-state index in [-0.39, 0.29) is 16.3 Å². The van der Waals surface area contributed by atoms with E-state index in [4.69, 9.17) is 16.7 Å². The number of rotatable bonds is 4. The third kappa shape index (κ3) is 3.90. The van der Waals surface area contributed by atoms with Crippen molar-refractivity contribution in [3.63, 3.8) is 0 Å². The van der Waals surface area contributed by atoms with Crippen molar-refractivity contribution in [1.29, 1.82) is 0 Å². The molecular weight excluding hydrogens is 383 g/mol. The van der Waals surface area contributed by atoms with Gasteiger partial charge in [0, 0.05) is 14.9 Å². The predicted octanol–water partition coefficient (Wildman–Crippen LogP) is 4.25. The van der Waals surface area contributed by atoms with E-state index in [0.29, 0.717) is 14.9 Å². The Morgan fingerprint density at radius 3 is 2.62 bits per heavy atom. The van der Waals surface area contributed by atoms with Gasteiger partial charge in [-0.15, -0.1) is 0 Å². The first-order valence-corrected chi connectivity index (χ1v) is 8.22. The summed E-state index contributed by atoms with van der Waals surface area (Å²) in [5.41, 5.74) is 0.169. The number of hydrogen-bond donors (Lipinski definition) is 1. The van der Waals surface area contributed by atoms with Crippen LogP contribution in [0.2, 0.25) is 5.02 Å². The van der Waals surface area contributed by atoms with Crippen LogP contribution in [0, 0.1) is 5.82 Å². The maximum Gasteiger partial charge on any atom is 0.337 e. The van der Waals surface area contributed by atoms with Gasteiger partial charge in [-0.2, -0.15) is 0 Å². The topological polar surface area (TPSA) is 54.4 Å². The SMILES string of the molecule is O=C(O)c1cc(S(=O)Cc2ccc(Br)cc2F)ccc1Cl. The highest BCUT2D eigenvalue weighted by atomic mass is 79.9. The molecular formula is C14H9BrClFO3S. The molecule has 0 aliphatic carbocycles. The number of benzene rings is 2. The fraction of sp³-hybridized carbons (Fsp3) is 0.0714. The standard InChI is InChI=1S/C14H9BrClFO3S/c15-9-2-1-8(13(17)5-9)7-21(20)10-3-4-12(16)11(6-10)14(18)19/h1-6H,7H2,(H,18,19). The normalized spacial score (nSPS) is 12.1. The Morgan fingerprint density at radius 1 is 1.29 bits per heavy atom. The van der Waals surface area contributed by atoms with Crippen molar-refractivity contribution in [1.82, 2.24) is 0 Å². The number of aromatic carboxylic acids is 1. The molecule has 1 atom stereocenters. The van der Waals surface area contributed by atoms with Crippen LogP contribution in [-0.2, 0) is 16.6 Å². The Bertz CT molecular complexity index is 736. The van der Waals surface area contributed by atoms with Gasteiger partial charge in [0.25, 0.3) is 0 Å². The van der Waals surface area contributed by atoms with Crippen molar-refractivity contribution < 1.29 is 18.5 Å². The fourth-order valence-electron chi connectivity index (χ4n) is 1.67. The van der Waals surface area contributed by atoms with Gasteiger partial charge in [-0.3, -0.25) is 4.21 Å². The molecule has 1 N–H and O–H groups in total. The van der Waals surface area contributed by atoms with Crippen LogP contribution in [0.25, 0.3) is 0 Å². The van der Waals surface area contributed by atoms with Gasteiger partial charge in [0.05, 0.1) is 27.1 Å². The summed E-state index contributed by atoms with van der Waals surface area (Å²) in [6, 6.07) is 8.57. The Morgan fingerprint density at radius 2 is 2.00 bits per heavy atom. The molecule has 0 aromatic heterocycles. The summed E-state index contributed by atoms with van der Waals surface area (Å²) in [6.07, 6.45) is 0. The van der Waals surface area contributed by atoms with Crippen LogP contribution in [0.3, 0.4) is 0 Å². The zero-order valence-electron chi connectivity index (χ0n) is 10.5. The van der Waals surface area contributed by atoms with Crippen molar-refractivity contribution >= 4 is 44.3 Å². The predicted molar refractivity (Wildman–Crippen MR) is 82.6 cm³/mol. The molecule has 0 aliphatic rings. The van der Waals surface area contributed by atoms with Crippen LogP contribution in [0.4, 0.5) is 4.39 Å². The second-order valence-corrected chi connectivity index (χ2v) is 6.95. The van der Waals surface area contributed by atoms with Gasteiger partial charge in [0.2, 0.25) is 0 Å². The molecule has 21 heavy (non-hydrogen) atoms. The second-order valence-electron chi connectivity index (χ2n) is 4.17. The summed E-state index contributed by atoms with van der Waals surface area (Å²) in [4.78, 5) is 11.3. The van der Waals surface area contributed by atoms with E-state index >= 15 is 0 Å². The zero-order valence-corrected chi connectivity index (χ0v) is 13.6. The molecule has 0 bridgehead atoms. The minimum Gasteiger partial charge on any atom is -0.478 e. The van der Waals surface area contributed by atoms with E-state index in [1.54, 1.807) is 6.07 Å². The largest absolute Gasteiger partial charge is 0.478 e. The highest BCUT2D eigenvalue weighted by Crippen LogP contribution is 2.23. The van der Waals surface area contributed by atoms with E-state index in [2.05, 4.69) is 15.9 Å². The summed E-state index contributed by atoms with van der Waals surface area (Å²) >= 11 is 8.90. The number of halogens is 3. The molecule has 1 unspecified atom stereocenters. The first-order valence-electron chi connectivity index (χ1n) is 5.73. The molecule has 0 fully saturated rings. The zero-order chi connectivity index (χ0) is 15.6. The molecule has 0 heterocycles. The van der Waals surface area contributed by atoms with Crippen molar-refractivity contribution in [3.05, 3.63) is 62.8 Å². The van der Waals surface area contributed by atoms with Gasteiger partial charge >= 0.3 is 5.97 Å². The van der Waals surface area contributed by atoms with Crippen LogP contribution >= 0.6 is 27.5 Å². The molecule has 0 amide bonds. The molecule has 2 aromatic rings. The minimum absolute atomic E-state index is 0.0419. The Kier molecular flexibility index (Phi) is 5.13. The summed E-state index contributed by atoms with van der Waals surface area (Å²) in [7, 11) is -1.56. The van der Waals surface area contributed by atoms with E-state index in [1.807, 2.05) is 0 Å². The first-order chi connectivity index (χ1) is 9.88. The lowest BCUT2D eigenvalue weighted by molar-refractivity contribution is 0.0697. The van der Waals surface area contributed by atoms with E-state index in [1.165, 1.54) is 30.3 Å². The van der Waals surface area contributed by atoms with E-state index < -0.39 is 22.6 Å². The van der Waals surface area contributed by atoms with Gasteiger partial charge in [-0.1, -0.05) is 33.6 Å². The van der Waals surface area contributed by atoms with Crippen molar-refractivity contribution in [2.75, 3.05) is 0 Å². The lowest BCUT2D eigenvalue weighted by Crippen LogP contribution is -2.03. The van der Waals surface area contributed by atoms with E-state index in [9.17, 15) is 13.4 Å². The van der Waals surface area contributed by atoms with Gasteiger partial charge < -0.3 is 5.11 Å². The van der Waals surface area contributed by atoms with Crippen LogP contribution in [0.5, 0.6) is 0 Å². The molecule has 0 saturated heterocycles. The fourth-order valence-corrected chi connectivity index (χ4v) is 3.36. The third-order valence-electron chi connectivity index (χ3n) is 2.73. The lowest BCUT2D eigenvalue weighted by Gasteiger charge is -2.06. The molecule has 110 valence electrons. The van der Waals surface area contributed by atoms with Crippen molar-refractivity contribution in [2.24, 2.45) is 0 Å². The third-order valence-corrected chi connectivity index (χ3v) is 4.91. The van der Waals surface area contributed by atoms with Crippen LogP contribution < -0.4 is 0 Å². The van der Waals surface area contributed by atoms with Crippen LogP contribution in [-0.4, -0.2) is 15.3 Å². The summed E-state index contributed by atoms with van der Waals surface area (Å²) < 4.78 is 26.5. The number of carboxylic acids is 1. The maximum atomic E-state index is 13.7. The van der Waals surface area contributed by atoms with Crippen LogP contribution in [0.15, 0.2) is 45.8 Å². The van der Waals surface area contributed by atoms with Crippen LogP contribution in [0.1, 0.15) is 15.9 Å². The molecule has 0 saturated carbocycles. The number of carbonyl (C=O) groups is 1. The number of hydrogen-bond acceptors (Lipinski definition) is 2. The summed E-state index contributed by atoms with van der Waals surface area (Å²) in [5, 5.41) is 9.06.